The van der Waals surface area contributed by atoms with Crippen molar-refractivity contribution in [2.24, 2.45) is 0 Å². The van der Waals surface area contributed by atoms with E-state index in [1.807, 2.05) is 0 Å². The molecule has 0 aliphatic rings. The molecule has 19 heteroatoms. The van der Waals surface area contributed by atoms with Crippen LogP contribution in [0.1, 0.15) is 52.7 Å². The van der Waals surface area contributed by atoms with E-state index in [0.29, 0.717) is 0 Å². The Kier molecular flexibility index (Phi) is 22.4. The Hall–Kier alpha value is -2.83. The zero-order chi connectivity index (χ0) is 47.0. The first-order chi connectivity index (χ1) is 27.8. The average Bonchev–Trinajstić information content (AvgIpc) is 3.15. The summed E-state index contributed by atoms with van der Waals surface area (Å²) in [4.78, 5) is 4.08. The van der Waals surface area contributed by atoms with Gasteiger partial charge in [-0.15, -0.1) is 0 Å². The molecule has 0 saturated carbocycles. The summed E-state index contributed by atoms with van der Waals surface area (Å²) >= 11 is 4.65. The fraction of sp³-hybridized carbons (Fsp3) is 0.286. The third-order valence-corrected chi connectivity index (χ3v) is 12.6. The molecular formula is C42H44F8I2O6S3. The average molecular weight is 1150 g/mol. The van der Waals surface area contributed by atoms with Gasteiger partial charge in [0.15, 0.2) is 14.7 Å². The molecule has 0 radical (unpaired) electrons. The molecule has 2 unspecified atom stereocenters. The molecule has 0 aliphatic carbocycles. The van der Waals surface area contributed by atoms with Crippen molar-refractivity contribution in [3.8, 4) is 0 Å². The molecule has 5 rings (SSSR count). The maximum Gasteiger partial charge on any atom is 0.436 e. The summed E-state index contributed by atoms with van der Waals surface area (Å²) in [7, 11) is -11.6. The molecule has 0 fully saturated rings. The van der Waals surface area contributed by atoms with Crippen LogP contribution in [0.2, 0.25) is 0 Å². The molecule has 5 aromatic carbocycles. The number of hydrogen-bond acceptors (Lipinski definition) is 5. The van der Waals surface area contributed by atoms with Crippen LogP contribution in [0, 0.1) is 7.14 Å². The fourth-order valence-electron chi connectivity index (χ4n) is 4.31. The standard InChI is InChI=1S/C18H15S.2C10H13I.2C2H2F4O3S/c1-4-10-16(11-5-1)19(17-12-6-2-7-13-17)18-14-8-3-9-15-18;2*1-10(2,3)8-4-6-9(11)7-5-8;2*3-1(2(4,5)6)10(7,8)9/h1-15H;2*4-7H,1-3H3;2*1H,(H,7,8,9)/q+1;;;;/p-1. The van der Waals surface area contributed by atoms with Crippen molar-refractivity contribution in [1.29, 1.82) is 0 Å². The zero-order valence-electron chi connectivity index (χ0n) is 33.4. The topological polar surface area (TPSA) is 112 Å². The van der Waals surface area contributed by atoms with Crippen molar-refractivity contribution in [3.63, 3.8) is 0 Å². The van der Waals surface area contributed by atoms with Gasteiger partial charge in [0.1, 0.15) is 10.1 Å². The first kappa shape index (κ1) is 56.2. The van der Waals surface area contributed by atoms with Crippen molar-refractivity contribution in [3.05, 3.63) is 158 Å². The first-order valence-electron chi connectivity index (χ1n) is 17.5. The highest BCUT2D eigenvalue weighted by atomic mass is 127. The minimum absolute atomic E-state index is 0.0146. The summed E-state index contributed by atoms with van der Waals surface area (Å²) in [5.74, 6) is 0. The molecule has 1 N–H and O–H groups in total. The quantitative estimate of drug-likeness (QED) is 0.0812. The summed E-state index contributed by atoms with van der Waals surface area (Å²) in [6.45, 7) is 13.4. The maximum absolute atomic E-state index is 11.5. The third-order valence-electron chi connectivity index (χ3n) is 7.39. The lowest BCUT2D eigenvalue weighted by molar-refractivity contribution is -0.158. The predicted molar refractivity (Wildman–Crippen MR) is 240 cm³/mol. The maximum atomic E-state index is 11.5. The van der Waals surface area contributed by atoms with Crippen LogP contribution in [0.3, 0.4) is 0 Å². The molecule has 5 aromatic rings. The number of hydrogen-bond donors (Lipinski definition) is 1. The van der Waals surface area contributed by atoms with Gasteiger partial charge in [-0.25, -0.2) is 17.2 Å². The number of halogens is 10. The predicted octanol–water partition coefficient (Wildman–Crippen LogP) is 13.1. The monoisotopic (exact) mass is 1150 g/mol. The van der Waals surface area contributed by atoms with Crippen molar-refractivity contribution >= 4 is 76.3 Å². The van der Waals surface area contributed by atoms with Crippen LogP contribution in [0.25, 0.3) is 0 Å². The molecular weight excluding hydrogens is 1100 g/mol. The van der Waals surface area contributed by atoms with E-state index in [-0.39, 0.29) is 21.7 Å². The molecule has 2 atom stereocenters. The highest BCUT2D eigenvalue weighted by molar-refractivity contribution is 14.1. The number of rotatable bonds is 5. The summed E-state index contributed by atoms with van der Waals surface area (Å²) in [5.41, 5.74) is -5.16. The smallest absolute Gasteiger partial charge is 0.436 e. The zero-order valence-corrected chi connectivity index (χ0v) is 40.2. The van der Waals surface area contributed by atoms with Gasteiger partial charge in [0.25, 0.3) is 5.50 Å². The molecule has 0 heterocycles. The van der Waals surface area contributed by atoms with Gasteiger partial charge in [-0.2, -0.15) is 34.8 Å². The molecule has 61 heavy (non-hydrogen) atoms. The van der Waals surface area contributed by atoms with Gasteiger partial charge in [-0.05, 0) is 128 Å². The Balaban J connectivity index is 0.000000394. The van der Waals surface area contributed by atoms with Crippen LogP contribution in [-0.4, -0.2) is 49.3 Å². The molecule has 0 amide bonds. The summed E-state index contributed by atoms with van der Waals surface area (Å²) in [5, 5.41) is 0. The van der Waals surface area contributed by atoms with Crippen LogP contribution >= 0.6 is 45.2 Å². The van der Waals surface area contributed by atoms with Crippen LogP contribution in [-0.2, 0) is 42.0 Å². The fourth-order valence-corrected chi connectivity index (χ4v) is 7.80. The minimum atomic E-state index is -5.90. The van der Waals surface area contributed by atoms with E-state index in [9.17, 15) is 56.5 Å². The highest BCUT2D eigenvalue weighted by Gasteiger charge is 2.49. The lowest BCUT2D eigenvalue weighted by Gasteiger charge is -2.18. The second kappa shape index (κ2) is 24.3. The molecule has 0 aromatic heterocycles. The van der Waals surface area contributed by atoms with E-state index >= 15 is 0 Å². The van der Waals surface area contributed by atoms with Gasteiger partial charge in [0.05, 0.1) is 10.9 Å². The van der Waals surface area contributed by atoms with Gasteiger partial charge >= 0.3 is 28.0 Å². The van der Waals surface area contributed by atoms with E-state index in [0.717, 1.165) is 0 Å². The summed E-state index contributed by atoms with van der Waals surface area (Å²) in [6, 6.07) is 49.6. The Morgan fingerprint density at radius 3 is 0.885 bits per heavy atom. The summed E-state index contributed by atoms with van der Waals surface area (Å²) < 4.78 is 146. The van der Waals surface area contributed by atoms with Gasteiger partial charge in [0.2, 0.25) is 0 Å². The molecule has 6 nitrogen and oxygen atoms in total. The van der Waals surface area contributed by atoms with Crippen LogP contribution in [0.5, 0.6) is 0 Å². The number of alkyl halides is 8. The van der Waals surface area contributed by atoms with Crippen molar-refractivity contribution in [2.75, 3.05) is 0 Å². The van der Waals surface area contributed by atoms with Crippen molar-refractivity contribution in [1.82, 2.24) is 0 Å². The largest absolute Gasteiger partial charge is 0.745 e. The van der Waals surface area contributed by atoms with Crippen LogP contribution in [0.15, 0.2) is 154 Å². The first-order valence-corrected chi connectivity index (χ1v) is 23.9. The lowest BCUT2D eigenvalue weighted by Crippen LogP contribution is -2.32. The van der Waals surface area contributed by atoms with E-state index in [1.54, 1.807) is 0 Å². The number of benzene rings is 5. The van der Waals surface area contributed by atoms with E-state index in [2.05, 4.69) is 226 Å². The Labute approximate surface area is 382 Å². The minimum Gasteiger partial charge on any atom is -0.745 e. The molecule has 0 bridgehead atoms. The Morgan fingerprint density at radius 1 is 0.492 bits per heavy atom. The van der Waals surface area contributed by atoms with Crippen molar-refractivity contribution < 1.29 is 61.1 Å². The van der Waals surface area contributed by atoms with Gasteiger partial charge in [0, 0.05) is 7.14 Å². The molecule has 0 spiro atoms. The van der Waals surface area contributed by atoms with Gasteiger partial charge in [-0.3, -0.25) is 4.55 Å². The third kappa shape index (κ3) is 21.9. The van der Waals surface area contributed by atoms with Crippen LogP contribution < -0.4 is 0 Å². The summed E-state index contributed by atoms with van der Waals surface area (Å²) in [6.07, 6.45) is -11.2. The SMILES string of the molecule is CC(C)(C)c1ccc(I)cc1.CC(C)(C)c1ccc(I)cc1.O=S(=O)(O)C(F)C(F)(F)F.O=S(=O)([O-])C(F)C(F)(F)F.c1ccc([S+](c2ccccc2)c2ccccc2)cc1. The normalized spacial score (nSPS) is 13.0. The lowest BCUT2D eigenvalue weighted by atomic mass is 9.87. The van der Waals surface area contributed by atoms with E-state index < -0.39 is 43.6 Å². The molecule has 0 saturated heterocycles. The van der Waals surface area contributed by atoms with Gasteiger partial charge in [-0.1, -0.05) is 120 Å². The molecule has 336 valence electrons. The second-order valence-corrected chi connectivity index (χ2v) is 21.8. The van der Waals surface area contributed by atoms with Crippen molar-refractivity contribution in [2.45, 2.75) is 90.4 Å². The van der Waals surface area contributed by atoms with E-state index in [1.165, 1.54) is 33.0 Å². The highest BCUT2D eigenvalue weighted by Crippen LogP contribution is 2.31. The Morgan fingerprint density at radius 2 is 0.738 bits per heavy atom. The second-order valence-electron chi connectivity index (χ2n) is 14.5. The van der Waals surface area contributed by atoms with Gasteiger partial charge < -0.3 is 4.55 Å². The van der Waals surface area contributed by atoms with Crippen LogP contribution in [0.4, 0.5) is 35.1 Å². The van der Waals surface area contributed by atoms with E-state index in [4.69, 9.17) is 4.55 Å². The Bertz CT molecular complexity index is 2040. The molecule has 0 aliphatic heterocycles.